The number of hydrogen-bond donors (Lipinski definition) is 2. The Labute approximate surface area is 281 Å². The molecule has 2 aromatic carbocycles. The van der Waals surface area contributed by atoms with Crippen LogP contribution in [0, 0.1) is 12.8 Å². The lowest BCUT2D eigenvalue weighted by atomic mass is 9.86. The minimum Gasteiger partial charge on any atom is -0.490 e. The van der Waals surface area contributed by atoms with Crippen molar-refractivity contribution < 1.29 is 9.53 Å². The van der Waals surface area contributed by atoms with Crippen molar-refractivity contribution in [1.82, 2.24) is 20.5 Å². The molecule has 12 heteroatoms. The molecular formula is C32H33Cl4N5O2S. The number of halogens is 4. The first-order valence-corrected chi connectivity index (χ1v) is 17.3. The zero-order chi connectivity index (χ0) is 30.5. The van der Waals surface area contributed by atoms with Gasteiger partial charge in [0.05, 0.1) is 37.6 Å². The minimum atomic E-state index is -0.0578. The monoisotopic (exact) mass is 691 g/mol. The summed E-state index contributed by atoms with van der Waals surface area (Å²) in [6, 6.07) is 9.77. The molecule has 2 N–H and O–H groups in total. The smallest absolute Gasteiger partial charge is 0.252 e. The highest BCUT2D eigenvalue weighted by atomic mass is 35.5. The van der Waals surface area contributed by atoms with Crippen molar-refractivity contribution in [2.24, 2.45) is 5.92 Å². The molecule has 7 nitrogen and oxygen atoms in total. The van der Waals surface area contributed by atoms with Gasteiger partial charge in [0.25, 0.3) is 5.91 Å². The van der Waals surface area contributed by atoms with Crippen molar-refractivity contribution in [3.05, 3.63) is 78.2 Å². The van der Waals surface area contributed by atoms with E-state index in [0.717, 1.165) is 71.2 Å². The molecule has 1 saturated carbocycles. The van der Waals surface area contributed by atoms with Gasteiger partial charge in [0.2, 0.25) is 0 Å². The van der Waals surface area contributed by atoms with E-state index in [4.69, 9.17) is 56.1 Å². The zero-order valence-electron chi connectivity index (χ0n) is 24.2. The van der Waals surface area contributed by atoms with Crippen molar-refractivity contribution in [3.8, 4) is 5.75 Å². The Kier molecular flexibility index (Phi) is 8.79. The van der Waals surface area contributed by atoms with Crippen LogP contribution in [0.4, 0.5) is 5.13 Å². The highest BCUT2D eigenvalue weighted by Gasteiger charge is 2.42. The van der Waals surface area contributed by atoms with E-state index in [1.165, 1.54) is 0 Å². The van der Waals surface area contributed by atoms with E-state index in [2.05, 4.69) is 15.5 Å². The van der Waals surface area contributed by atoms with Crippen molar-refractivity contribution >= 4 is 74.4 Å². The fourth-order valence-electron chi connectivity index (χ4n) is 6.37. The van der Waals surface area contributed by atoms with E-state index in [0.29, 0.717) is 51.5 Å². The summed E-state index contributed by atoms with van der Waals surface area (Å²) >= 11 is 27.3. The molecule has 44 heavy (non-hydrogen) atoms. The van der Waals surface area contributed by atoms with E-state index < -0.39 is 0 Å². The van der Waals surface area contributed by atoms with Gasteiger partial charge in [0, 0.05) is 62.5 Å². The number of nitrogens with one attached hydrogen (secondary N) is 2. The largest absolute Gasteiger partial charge is 0.490 e. The molecule has 3 aliphatic heterocycles. The van der Waals surface area contributed by atoms with E-state index in [-0.39, 0.29) is 24.0 Å². The molecule has 2 bridgehead atoms. The molecule has 0 spiro atoms. The van der Waals surface area contributed by atoms with Gasteiger partial charge in [0.1, 0.15) is 0 Å². The number of anilines is 1. The predicted octanol–water partition coefficient (Wildman–Crippen LogP) is 6.86. The van der Waals surface area contributed by atoms with Crippen LogP contribution in [0.15, 0.2) is 42.1 Å². The molecule has 1 aliphatic carbocycles. The van der Waals surface area contributed by atoms with Crippen LogP contribution in [-0.2, 0) is 11.3 Å². The number of fused-ring (bicyclic) bond motifs is 2. The number of thiazole rings is 1. The van der Waals surface area contributed by atoms with Crippen molar-refractivity contribution in [2.45, 2.75) is 50.9 Å². The molecule has 2 saturated heterocycles. The fourth-order valence-corrected chi connectivity index (χ4v) is 8.46. The van der Waals surface area contributed by atoms with Crippen molar-refractivity contribution in [1.29, 1.82) is 0 Å². The van der Waals surface area contributed by atoms with E-state index >= 15 is 0 Å². The fraction of sp³-hybridized carbons (Fsp3) is 0.438. The molecule has 1 amide bonds. The molecule has 2 atom stereocenters. The van der Waals surface area contributed by atoms with Crippen molar-refractivity contribution in [3.63, 3.8) is 0 Å². The average Bonchev–Trinajstić information content (AvgIpc) is 3.69. The molecule has 1 aromatic heterocycles. The molecule has 4 heterocycles. The second-order valence-electron chi connectivity index (χ2n) is 12.2. The zero-order valence-corrected chi connectivity index (χ0v) is 28.1. The number of nitrogens with zero attached hydrogens (tertiary/aromatic N) is 3. The van der Waals surface area contributed by atoms with Crippen LogP contribution in [0.2, 0.25) is 20.1 Å². The first-order valence-electron chi connectivity index (χ1n) is 15.0. The van der Waals surface area contributed by atoms with E-state index in [1.807, 2.05) is 42.3 Å². The summed E-state index contributed by atoms with van der Waals surface area (Å²) < 4.78 is 6.01. The molecule has 0 unspecified atom stereocenters. The third-order valence-corrected chi connectivity index (χ3v) is 11.3. The summed E-state index contributed by atoms with van der Waals surface area (Å²) in [4.78, 5) is 24.6. The van der Waals surface area contributed by atoms with Crippen LogP contribution in [0.5, 0.6) is 5.75 Å². The number of carbonyl (C=O) groups excluding carboxylic acids is 1. The molecule has 3 aromatic rings. The maximum absolute atomic E-state index is 14.4. The third kappa shape index (κ3) is 6.19. The molecular weight excluding hydrogens is 660 g/mol. The van der Waals surface area contributed by atoms with Gasteiger partial charge in [-0.1, -0.05) is 69.9 Å². The van der Waals surface area contributed by atoms with Gasteiger partial charge in [-0.3, -0.25) is 4.79 Å². The predicted molar refractivity (Wildman–Crippen MR) is 180 cm³/mol. The maximum Gasteiger partial charge on any atom is 0.252 e. The summed E-state index contributed by atoms with van der Waals surface area (Å²) in [7, 11) is 0. The summed E-state index contributed by atoms with van der Waals surface area (Å²) in [6.07, 6.45) is 4.72. The van der Waals surface area contributed by atoms with Crippen LogP contribution in [-0.4, -0.2) is 66.7 Å². The normalized spacial score (nSPS) is 21.8. The minimum absolute atomic E-state index is 0.0578. The number of piperazine rings is 1. The number of ether oxygens (including phenoxy) is 1. The molecule has 4 aliphatic rings. The quantitative estimate of drug-likeness (QED) is 0.256. The van der Waals surface area contributed by atoms with E-state index in [1.54, 1.807) is 17.4 Å². The van der Waals surface area contributed by atoms with Crippen molar-refractivity contribution in [2.75, 3.05) is 37.7 Å². The summed E-state index contributed by atoms with van der Waals surface area (Å²) in [5, 5.41) is 10.3. The first-order chi connectivity index (χ1) is 21.2. The summed E-state index contributed by atoms with van der Waals surface area (Å²) in [5.41, 5.74) is 3.82. The Balaban J connectivity index is 1.09. The maximum atomic E-state index is 14.4. The number of aromatic nitrogens is 1. The number of amides is 1. The standard InChI is InChI=1S/C32H33Cl4N5O2S/c1-17-7-24(34)30(25(35)8-17)43-16-18-13-40(14-18)32-38-12-27(44-32)22-9-20-10-37-11-26(39-20)28(22)31(42)41(21-5-6-21)15-19-3-2-4-23(33)29(19)36/h2-4,7-8,12,18,20-21,26,37,39H,5-6,9-11,13-16H2,1H3/t20-,26-/m1/s1. The molecule has 232 valence electrons. The Bertz CT molecular complexity index is 1600. The lowest BCUT2D eigenvalue weighted by Gasteiger charge is -2.40. The lowest BCUT2D eigenvalue weighted by Crippen LogP contribution is -2.59. The Morgan fingerprint density at radius 1 is 1.11 bits per heavy atom. The number of benzene rings is 2. The average molecular weight is 694 g/mol. The van der Waals surface area contributed by atoms with Crippen LogP contribution in [0.3, 0.4) is 0 Å². The SMILES string of the molecule is Cc1cc(Cl)c(OCC2CN(c3ncc(C4=C(C(=O)N(Cc5cccc(Cl)c5Cl)C5CC5)[C@H]5CNC[C@@H](C4)N5)s3)C2)c(Cl)c1. The molecule has 0 radical (unpaired) electrons. The van der Waals surface area contributed by atoms with Gasteiger partial charge in [-0.25, -0.2) is 4.98 Å². The number of rotatable bonds is 9. The van der Waals surface area contributed by atoms with Gasteiger partial charge >= 0.3 is 0 Å². The second-order valence-corrected chi connectivity index (χ2v) is 14.8. The van der Waals surface area contributed by atoms with Crippen LogP contribution < -0.4 is 20.3 Å². The summed E-state index contributed by atoms with van der Waals surface area (Å²) in [5.74, 6) is 0.964. The van der Waals surface area contributed by atoms with Crippen LogP contribution >= 0.6 is 57.7 Å². The van der Waals surface area contributed by atoms with Crippen LogP contribution in [0.1, 0.15) is 35.3 Å². The van der Waals surface area contributed by atoms with Gasteiger partial charge in [-0.05, 0) is 61.1 Å². The van der Waals surface area contributed by atoms with Gasteiger partial charge < -0.3 is 25.2 Å². The first kappa shape index (κ1) is 30.6. The second kappa shape index (κ2) is 12.6. The van der Waals surface area contributed by atoms with Gasteiger partial charge in [0.15, 0.2) is 10.9 Å². The summed E-state index contributed by atoms with van der Waals surface area (Å²) in [6.45, 7) is 6.20. The number of hydrogen-bond acceptors (Lipinski definition) is 7. The van der Waals surface area contributed by atoms with E-state index in [9.17, 15) is 4.79 Å². The lowest BCUT2D eigenvalue weighted by molar-refractivity contribution is -0.128. The topological polar surface area (TPSA) is 69.7 Å². The van der Waals surface area contributed by atoms with Crippen LogP contribution in [0.25, 0.3) is 5.57 Å². The third-order valence-electron chi connectivity index (χ3n) is 8.78. The van der Waals surface area contributed by atoms with Gasteiger partial charge in [-0.2, -0.15) is 0 Å². The Morgan fingerprint density at radius 2 is 1.89 bits per heavy atom. The Morgan fingerprint density at radius 3 is 2.64 bits per heavy atom. The number of aryl methyl sites for hydroxylation is 1. The Hall–Kier alpha value is -2.04. The number of carbonyl (C=O) groups is 1. The highest BCUT2D eigenvalue weighted by Crippen LogP contribution is 2.41. The highest BCUT2D eigenvalue weighted by molar-refractivity contribution is 7.16. The van der Waals surface area contributed by atoms with Gasteiger partial charge in [-0.15, -0.1) is 0 Å². The molecule has 3 fully saturated rings. The molecule has 7 rings (SSSR count).